The molecule has 0 spiro atoms. The van der Waals surface area contributed by atoms with Crippen LogP contribution in [-0.2, 0) is 11.2 Å². The van der Waals surface area contributed by atoms with Crippen molar-refractivity contribution in [1.82, 2.24) is 10.3 Å². The normalized spacial score (nSPS) is 10.0. The number of nitrogens with one attached hydrogen (secondary N) is 1. The lowest BCUT2D eigenvalue weighted by atomic mass is 10.3. The molecule has 1 amide bonds. The van der Waals surface area contributed by atoms with Crippen molar-refractivity contribution in [1.29, 1.82) is 0 Å². The molecule has 0 aliphatic heterocycles. The highest BCUT2D eigenvalue weighted by atomic mass is 16.5. The molecule has 0 aliphatic rings. The summed E-state index contributed by atoms with van der Waals surface area (Å²) in [6.07, 6.45) is 3.27. The third-order valence-electron chi connectivity index (χ3n) is 2.14. The number of aromatic nitrogens is 1. The van der Waals surface area contributed by atoms with Gasteiger partial charge in [0, 0.05) is 18.7 Å². The van der Waals surface area contributed by atoms with Gasteiger partial charge >= 0.3 is 0 Å². The van der Waals surface area contributed by atoms with Crippen molar-refractivity contribution < 1.29 is 9.53 Å². The molecule has 0 atom stereocenters. The molecule has 1 aromatic heterocycles. The first-order valence-electron chi connectivity index (χ1n) is 5.80. The van der Waals surface area contributed by atoms with Gasteiger partial charge in [-0.3, -0.25) is 9.78 Å². The number of pyridine rings is 1. The van der Waals surface area contributed by atoms with Crippen LogP contribution in [0.3, 0.4) is 0 Å². The van der Waals surface area contributed by atoms with Crippen LogP contribution in [0.2, 0.25) is 0 Å². The molecule has 0 aromatic carbocycles. The van der Waals surface area contributed by atoms with Crippen LogP contribution in [0.1, 0.15) is 19.0 Å². The topological polar surface area (TPSA) is 77.2 Å². The van der Waals surface area contributed by atoms with Crippen molar-refractivity contribution in [3.8, 4) is 5.75 Å². The van der Waals surface area contributed by atoms with E-state index in [9.17, 15) is 4.79 Å². The highest BCUT2D eigenvalue weighted by Gasteiger charge is 2.02. The Morgan fingerprint density at radius 2 is 2.35 bits per heavy atom. The number of carbonyl (C=O) groups excluding carboxylic acids is 1. The Labute approximate surface area is 101 Å². The highest BCUT2D eigenvalue weighted by Crippen LogP contribution is 2.08. The molecule has 5 heteroatoms. The van der Waals surface area contributed by atoms with Gasteiger partial charge in [0.05, 0.1) is 6.20 Å². The zero-order chi connectivity index (χ0) is 12.5. The fraction of sp³-hybridized carbons (Fsp3) is 0.500. The molecule has 17 heavy (non-hydrogen) atoms. The Morgan fingerprint density at radius 1 is 1.53 bits per heavy atom. The Balaban J connectivity index is 2.34. The summed E-state index contributed by atoms with van der Waals surface area (Å²) in [6.45, 7) is 3.28. The largest absolute Gasteiger partial charge is 0.482 e. The maximum absolute atomic E-state index is 11.3. The van der Waals surface area contributed by atoms with Gasteiger partial charge in [-0.15, -0.1) is 0 Å². The summed E-state index contributed by atoms with van der Waals surface area (Å²) in [5, 5.41) is 2.73. The van der Waals surface area contributed by atoms with Gasteiger partial charge in [-0.2, -0.15) is 0 Å². The van der Waals surface area contributed by atoms with Gasteiger partial charge in [0.1, 0.15) is 5.75 Å². The van der Waals surface area contributed by atoms with Gasteiger partial charge in [-0.05, 0) is 25.1 Å². The number of nitrogens with zero attached hydrogens (tertiary/aromatic N) is 1. The number of nitrogens with two attached hydrogens (primary N) is 1. The quantitative estimate of drug-likeness (QED) is 0.723. The second-order valence-corrected chi connectivity index (χ2v) is 3.66. The number of carbonyl (C=O) groups is 1. The van der Waals surface area contributed by atoms with Gasteiger partial charge in [0.25, 0.3) is 5.91 Å². The molecule has 1 rings (SSSR count). The molecule has 0 fully saturated rings. The first kappa shape index (κ1) is 13.4. The zero-order valence-electron chi connectivity index (χ0n) is 10.1. The molecular formula is C12H19N3O2. The van der Waals surface area contributed by atoms with E-state index in [4.69, 9.17) is 10.5 Å². The van der Waals surface area contributed by atoms with Crippen molar-refractivity contribution in [3.05, 3.63) is 24.0 Å². The average molecular weight is 237 g/mol. The molecular weight excluding hydrogens is 218 g/mol. The molecule has 3 N–H and O–H groups in total. The third kappa shape index (κ3) is 5.31. The molecule has 0 bridgehead atoms. The minimum atomic E-state index is -0.113. The van der Waals surface area contributed by atoms with E-state index in [0.29, 0.717) is 18.8 Å². The molecule has 0 aliphatic carbocycles. The molecule has 0 radical (unpaired) electrons. The zero-order valence-corrected chi connectivity index (χ0v) is 10.1. The van der Waals surface area contributed by atoms with E-state index < -0.39 is 0 Å². The number of ether oxygens (including phenoxy) is 1. The van der Waals surface area contributed by atoms with Gasteiger partial charge in [-0.1, -0.05) is 6.92 Å². The van der Waals surface area contributed by atoms with Crippen LogP contribution in [0.5, 0.6) is 5.75 Å². The van der Waals surface area contributed by atoms with Crippen LogP contribution in [0.4, 0.5) is 0 Å². The molecule has 5 nitrogen and oxygen atoms in total. The van der Waals surface area contributed by atoms with E-state index in [2.05, 4.69) is 10.3 Å². The number of hydrogen-bond donors (Lipinski definition) is 2. The maximum Gasteiger partial charge on any atom is 0.257 e. The van der Waals surface area contributed by atoms with Crippen LogP contribution in [0, 0.1) is 0 Å². The van der Waals surface area contributed by atoms with Gasteiger partial charge in [0.2, 0.25) is 0 Å². The Morgan fingerprint density at radius 3 is 2.94 bits per heavy atom. The van der Waals surface area contributed by atoms with E-state index in [1.54, 1.807) is 12.3 Å². The minimum Gasteiger partial charge on any atom is -0.482 e. The third-order valence-corrected chi connectivity index (χ3v) is 2.14. The fourth-order valence-corrected chi connectivity index (χ4v) is 1.26. The summed E-state index contributed by atoms with van der Waals surface area (Å²) in [6, 6.07) is 3.65. The fourth-order valence-electron chi connectivity index (χ4n) is 1.26. The lowest BCUT2D eigenvalue weighted by molar-refractivity contribution is -0.123. The molecule has 94 valence electrons. The molecule has 0 saturated carbocycles. The van der Waals surface area contributed by atoms with Crippen LogP contribution < -0.4 is 15.8 Å². The van der Waals surface area contributed by atoms with E-state index in [1.165, 1.54) is 0 Å². The summed E-state index contributed by atoms with van der Waals surface area (Å²) in [4.78, 5) is 15.4. The minimum absolute atomic E-state index is 0.0257. The molecule has 0 saturated heterocycles. The lowest BCUT2D eigenvalue weighted by Gasteiger charge is -2.06. The van der Waals surface area contributed by atoms with Gasteiger partial charge in [-0.25, -0.2) is 0 Å². The second kappa shape index (κ2) is 7.62. The standard InChI is InChI=1S/C12H19N3O2/c1-2-7-14-12(16)9-17-11-4-3-10(5-6-13)15-8-11/h3-4,8H,2,5-7,9,13H2,1H3,(H,14,16). The SMILES string of the molecule is CCCNC(=O)COc1ccc(CCN)nc1. The van der Waals surface area contributed by atoms with E-state index >= 15 is 0 Å². The van der Waals surface area contributed by atoms with E-state index in [-0.39, 0.29) is 12.5 Å². The van der Waals surface area contributed by atoms with E-state index in [1.807, 2.05) is 13.0 Å². The van der Waals surface area contributed by atoms with Crippen LogP contribution in [0.25, 0.3) is 0 Å². The van der Waals surface area contributed by atoms with Crippen molar-refractivity contribution >= 4 is 5.91 Å². The lowest BCUT2D eigenvalue weighted by Crippen LogP contribution is -2.29. The van der Waals surface area contributed by atoms with Crippen LogP contribution >= 0.6 is 0 Å². The summed E-state index contributed by atoms with van der Waals surface area (Å²) < 4.78 is 5.29. The average Bonchev–Trinajstić information content (AvgIpc) is 2.36. The second-order valence-electron chi connectivity index (χ2n) is 3.66. The predicted octanol–water partition coefficient (Wildman–Crippen LogP) is 0.488. The van der Waals surface area contributed by atoms with Crippen LogP contribution in [0.15, 0.2) is 18.3 Å². The Hall–Kier alpha value is -1.62. The van der Waals surface area contributed by atoms with E-state index in [0.717, 1.165) is 18.5 Å². The molecule has 0 unspecified atom stereocenters. The van der Waals surface area contributed by atoms with Crippen molar-refractivity contribution in [2.24, 2.45) is 5.73 Å². The van der Waals surface area contributed by atoms with Crippen molar-refractivity contribution in [2.45, 2.75) is 19.8 Å². The van der Waals surface area contributed by atoms with Gasteiger partial charge < -0.3 is 15.8 Å². The monoisotopic (exact) mass is 237 g/mol. The van der Waals surface area contributed by atoms with Crippen molar-refractivity contribution in [3.63, 3.8) is 0 Å². The number of amides is 1. The van der Waals surface area contributed by atoms with Crippen molar-refractivity contribution in [2.75, 3.05) is 19.7 Å². The predicted molar refractivity (Wildman–Crippen MR) is 65.8 cm³/mol. The number of rotatable bonds is 7. The Kier molecular flexibility index (Phi) is 6.03. The summed E-state index contributed by atoms with van der Waals surface area (Å²) in [7, 11) is 0. The smallest absolute Gasteiger partial charge is 0.257 e. The first-order chi connectivity index (χ1) is 8.26. The highest BCUT2D eigenvalue weighted by molar-refractivity contribution is 5.77. The summed E-state index contributed by atoms with van der Waals surface area (Å²) in [5.74, 6) is 0.482. The van der Waals surface area contributed by atoms with Crippen LogP contribution in [-0.4, -0.2) is 30.6 Å². The number of hydrogen-bond acceptors (Lipinski definition) is 4. The Bertz CT molecular complexity index is 338. The summed E-state index contributed by atoms with van der Waals surface area (Å²) >= 11 is 0. The van der Waals surface area contributed by atoms with Gasteiger partial charge in [0.15, 0.2) is 6.61 Å². The molecule has 1 aromatic rings. The maximum atomic E-state index is 11.3. The summed E-state index contributed by atoms with van der Waals surface area (Å²) in [5.41, 5.74) is 6.35. The molecule has 1 heterocycles. The first-order valence-corrected chi connectivity index (χ1v) is 5.80.